The summed E-state index contributed by atoms with van der Waals surface area (Å²) < 4.78 is 40.9. The maximum Gasteiger partial charge on any atom is 0.265 e. The van der Waals surface area contributed by atoms with Crippen LogP contribution < -0.4 is 19.5 Å². The van der Waals surface area contributed by atoms with E-state index in [0.29, 0.717) is 17.1 Å². The summed E-state index contributed by atoms with van der Waals surface area (Å²) >= 11 is 0. The van der Waals surface area contributed by atoms with Crippen molar-refractivity contribution >= 4 is 27.3 Å². The molecule has 5 rings (SSSR count). The molecule has 8 nitrogen and oxygen atoms in total. The van der Waals surface area contributed by atoms with Crippen LogP contribution in [0.3, 0.4) is 0 Å². The first kappa shape index (κ1) is 23.0. The van der Waals surface area contributed by atoms with Gasteiger partial charge < -0.3 is 19.7 Å². The van der Waals surface area contributed by atoms with Crippen LogP contribution in [0.15, 0.2) is 41.3 Å². The molecule has 1 saturated carbocycles. The quantitative estimate of drug-likeness (QED) is 0.647. The molecule has 34 heavy (non-hydrogen) atoms. The lowest BCUT2D eigenvalue weighted by Gasteiger charge is -2.30. The number of anilines is 2. The lowest BCUT2D eigenvalue weighted by atomic mass is 9.80. The zero-order valence-corrected chi connectivity index (χ0v) is 20.4. The van der Waals surface area contributed by atoms with Gasteiger partial charge in [0.05, 0.1) is 23.9 Å². The zero-order valence-electron chi connectivity index (χ0n) is 19.6. The topological polar surface area (TPSA) is 97.0 Å². The van der Waals surface area contributed by atoms with Gasteiger partial charge in [-0.25, -0.2) is 8.42 Å². The van der Waals surface area contributed by atoms with Crippen LogP contribution in [0.1, 0.15) is 44.1 Å². The summed E-state index contributed by atoms with van der Waals surface area (Å²) in [6.45, 7) is 1.87. The van der Waals surface area contributed by atoms with Crippen molar-refractivity contribution in [1.82, 2.24) is 4.90 Å². The largest absolute Gasteiger partial charge is 0.495 e. The highest BCUT2D eigenvalue weighted by molar-refractivity contribution is 7.92. The summed E-state index contributed by atoms with van der Waals surface area (Å²) in [5, 5.41) is 3.07. The Balaban J connectivity index is 1.54. The molecule has 182 valence electrons. The lowest BCUT2D eigenvalue weighted by molar-refractivity contribution is -0.120. The van der Waals surface area contributed by atoms with Gasteiger partial charge in [-0.05, 0) is 56.5 Å². The second-order valence-electron chi connectivity index (χ2n) is 9.52. The van der Waals surface area contributed by atoms with Crippen molar-refractivity contribution in [2.45, 2.75) is 54.9 Å². The molecule has 2 heterocycles. The van der Waals surface area contributed by atoms with E-state index in [1.165, 1.54) is 13.2 Å². The van der Waals surface area contributed by atoms with Crippen LogP contribution in [0.25, 0.3) is 0 Å². The Morgan fingerprint density at radius 3 is 2.50 bits per heavy atom. The van der Waals surface area contributed by atoms with Crippen molar-refractivity contribution in [3.8, 4) is 11.5 Å². The van der Waals surface area contributed by atoms with Crippen LogP contribution in [-0.4, -0.2) is 52.6 Å². The Labute approximate surface area is 200 Å². The maximum absolute atomic E-state index is 13.3. The van der Waals surface area contributed by atoms with Crippen LogP contribution >= 0.6 is 0 Å². The van der Waals surface area contributed by atoms with Gasteiger partial charge in [0.25, 0.3) is 10.0 Å². The molecule has 2 fully saturated rings. The smallest absolute Gasteiger partial charge is 0.265 e. The second-order valence-corrected chi connectivity index (χ2v) is 11.2. The van der Waals surface area contributed by atoms with E-state index in [-0.39, 0.29) is 22.7 Å². The molecule has 2 aromatic rings. The number of rotatable bonds is 6. The highest BCUT2D eigenvalue weighted by atomic mass is 32.2. The molecule has 0 radical (unpaired) electrons. The first-order chi connectivity index (χ1) is 16.3. The van der Waals surface area contributed by atoms with Crippen molar-refractivity contribution in [2.75, 3.05) is 37.3 Å². The lowest BCUT2D eigenvalue weighted by Crippen LogP contribution is -2.35. The van der Waals surface area contributed by atoms with Gasteiger partial charge in [-0.3, -0.25) is 9.52 Å². The molecule has 1 spiro atoms. The fourth-order valence-electron chi connectivity index (χ4n) is 5.44. The maximum atomic E-state index is 13.3. The van der Waals surface area contributed by atoms with E-state index in [1.807, 2.05) is 0 Å². The summed E-state index contributed by atoms with van der Waals surface area (Å²) in [6.07, 6.45) is 5.20. The fraction of sp³-hybridized carbons (Fsp3) is 0.480. The Kier molecular flexibility index (Phi) is 5.93. The Morgan fingerprint density at radius 2 is 1.79 bits per heavy atom. The number of para-hydroxylation sites is 1. The van der Waals surface area contributed by atoms with Gasteiger partial charge in [0.2, 0.25) is 5.91 Å². The third kappa shape index (κ3) is 4.01. The van der Waals surface area contributed by atoms with E-state index >= 15 is 0 Å². The van der Waals surface area contributed by atoms with Crippen LogP contribution in [0.5, 0.6) is 11.5 Å². The predicted octanol–water partition coefficient (Wildman–Crippen LogP) is 3.73. The number of methoxy groups -OCH3 is 1. The predicted molar refractivity (Wildman–Crippen MR) is 130 cm³/mol. The average Bonchev–Trinajstić information content (AvgIpc) is 3.42. The molecule has 2 aromatic carbocycles. The highest BCUT2D eigenvalue weighted by Crippen LogP contribution is 2.53. The third-order valence-electron chi connectivity index (χ3n) is 7.32. The van der Waals surface area contributed by atoms with Gasteiger partial charge in [-0.1, -0.05) is 25.0 Å². The number of fused-ring (bicyclic) bond motifs is 2. The van der Waals surface area contributed by atoms with Crippen molar-refractivity contribution in [2.24, 2.45) is 0 Å². The van der Waals surface area contributed by atoms with Crippen molar-refractivity contribution in [3.05, 3.63) is 42.0 Å². The molecule has 1 amide bonds. The fourth-order valence-corrected chi connectivity index (χ4v) is 6.65. The van der Waals surface area contributed by atoms with Crippen LogP contribution in [0.4, 0.5) is 11.4 Å². The minimum absolute atomic E-state index is 0.0124. The number of ether oxygens (including phenoxy) is 2. The standard InChI is InChI=1S/C25H31N3O5S/c1-28-13-9-18(10-14-28)33-21-16-17(27-34(30,31)22-8-4-3-7-20(22)32-2)15-19-23(21)26-24(29)25(19)11-5-6-12-25/h3-4,7-8,15-16,18,27H,5-6,9-14H2,1-2H3,(H,26,29). The molecule has 2 N–H and O–H groups in total. The number of amides is 1. The molecule has 3 aliphatic rings. The van der Waals surface area contributed by atoms with E-state index in [9.17, 15) is 13.2 Å². The van der Waals surface area contributed by atoms with Gasteiger partial charge in [0.15, 0.2) is 0 Å². The zero-order chi connectivity index (χ0) is 23.9. The van der Waals surface area contributed by atoms with E-state index in [4.69, 9.17) is 9.47 Å². The van der Waals surface area contributed by atoms with E-state index in [1.54, 1.807) is 30.3 Å². The molecule has 1 aliphatic carbocycles. The van der Waals surface area contributed by atoms with E-state index < -0.39 is 15.4 Å². The molecule has 0 aromatic heterocycles. The molecule has 2 aliphatic heterocycles. The molecule has 9 heteroatoms. The van der Waals surface area contributed by atoms with Gasteiger partial charge in [0, 0.05) is 19.2 Å². The molecular formula is C25H31N3O5S. The number of piperidine rings is 1. The summed E-state index contributed by atoms with van der Waals surface area (Å²) in [6, 6.07) is 9.99. The number of hydrogen-bond acceptors (Lipinski definition) is 6. The van der Waals surface area contributed by atoms with Gasteiger partial charge in [-0.2, -0.15) is 0 Å². The monoisotopic (exact) mass is 485 g/mol. The number of likely N-dealkylation sites (tertiary alicyclic amines) is 1. The second kappa shape index (κ2) is 8.78. The Bertz CT molecular complexity index is 1200. The molecule has 0 atom stereocenters. The number of nitrogens with zero attached hydrogens (tertiary/aromatic N) is 1. The van der Waals surface area contributed by atoms with Gasteiger partial charge >= 0.3 is 0 Å². The van der Waals surface area contributed by atoms with Crippen LogP contribution in [0.2, 0.25) is 0 Å². The van der Waals surface area contributed by atoms with Gasteiger partial charge in [0.1, 0.15) is 22.5 Å². The average molecular weight is 486 g/mol. The molecule has 0 unspecified atom stereocenters. The normalized spacial score (nSPS) is 20.2. The number of sulfonamides is 1. The van der Waals surface area contributed by atoms with Crippen molar-refractivity contribution in [3.63, 3.8) is 0 Å². The van der Waals surface area contributed by atoms with E-state index in [2.05, 4.69) is 22.0 Å². The SMILES string of the molecule is COc1ccccc1S(=O)(=O)Nc1cc(OC2CCN(C)CC2)c2c(c1)C1(CCCC1)C(=O)N2. The minimum Gasteiger partial charge on any atom is -0.495 e. The van der Waals surface area contributed by atoms with E-state index in [0.717, 1.165) is 57.2 Å². The summed E-state index contributed by atoms with van der Waals surface area (Å²) in [5.41, 5.74) is 1.28. The van der Waals surface area contributed by atoms with Crippen molar-refractivity contribution in [1.29, 1.82) is 0 Å². The Hall–Kier alpha value is -2.78. The number of carbonyl (C=O) groups excluding carboxylic acids is 1. The summed E-state index contributed by atoms with van der Waals surface area (Å²) in [4.78, 5) is 15.4. The number of benzene rings is 2. The van der Waals surface area contributed by atoms with Crippen LogP contribution in [0, 0.1) is 0 Å². The Morgan fingerprint density at radius 1 is 1.09 bits per heavy atom. The number of nitrogens with one attached hydrogen (secondary N) is 2. The van der Waals surface area contributed by atoms with Crippen LogP contribution in [-0.2, 0) is 20.2 Å². The first-order valence-corrected chi connectivity index (χ1v) is 13.3. The first-order valence-electron chi connectivity index (χ1n) is 11.8. The third-order valence-corrected chi connectivity index (χ3v) is 8.74. The van der Waals surface area contributed by atoms with Crippen molar-refractivity contribution < 1.29 is 22.7 Å². The molecule has 0 bridgehead atoms. The minimum atomic E-state index is -3.92. The summed E-state index contributed by atoms with van der Waals surface area (Å²) in [5.74, 6) is 0.780. The number of hydrogen-bond donors (Lipinski definition) is 2. The number of carbonyl (C=O) groups is 1. The molecule has 1 saturated heterocycles. The molecular weight excluding hydrogens is 454 g/mol. The highest BCUT2D eigenvalue weighted by Gasteiger charge is 2.50. The van der Waals surface area contributed by atoms with Gasteiger partial charge in [-0.15, -0.1) is 0 Å². The summed E-state index contributed by atoms with van der Waals surface area (Å²) in [7, 11) is -0.390.